The minimum Gasteiger partial charge on any atom is -0.480 e. The standard InChI is InChI=1S/C17H31N3O4/c1-17(2)6-4-5-13(9-17)18-16(23)20-7-8-24-14(11-20)10-19(3)12-15(21)22/h13-14H,4-12H2,1-3H3,(H,18,23)(H,21,22). The Labute approximate surface area is 144 Å². The SMILES string of the molecule is CN(CC(=O)O)CC1CN(C(=O)NC2CCCC(C)(C)C2)CCO1. The van der Waals surface area contributed by atoms with Gasteiger partial charge in [0.05, 0.1) is 19.3 Å². The van der Waals surface area contributed by atoms with E-state index < -0.39 is 5.97 Å². The van der Waals surface area contributed by atoms with Gasteiger partial charge in [-0.25, -0.2) is 4.79 Å². The van der Waals surface area contributed by atoms with Crippen molar-refractivity contribution in [2.45, 2.75) is 51.7 Å². The number of likely N-dealkylation sites (N-methyl/N-ethyl adjacent to an activating group) is 1. The summed E-state index contributed by atoms with van der Waals surface area (Å²) in [7, 11) is 1.75. The third kappa shape index (κ3) is 5.94. The quantitative estimate of drug-likeness (QED) is 0.789. The molecule has 1 saturated heterocycles. The van der Waals surface area contributed by atoms with Crippen LogP contribution in [0.4, 0.5) is 4.79 Å². The van der Waals surface area contributed by atoms with Gasteiger partial charge in [-0.05, 0) is 31.7 Å². The maximum absolute atomic E-state index is 12.5. The lowest BCUT2D eigenvalue weighted by atomic mass is 9.75. The molecule has 2 rings (SSSR count). The molecule has 2 aliphatic rings. The van der Waals surface area contributed by atoms with Crippen molar-refractivity contribution in [2.75, 3.05) is 39.8 Å². The highest BCUT2D eigenvalue weighted by Gasteiger charge is 2.31. The first-order valence-electron chi connectivity index (χ1n) is 8.82. The Morgan fingerprint density at radius 3 is 2.83 bits per heavy atom. The normalized spacial score (nSPS) is 27.1. The highest BCUT2D eigenvalue weighted by Crippen LogP contribution is 2.35. The van der Waals surface area contributed by atoms with E-state index in [9.17, 15) is 9.59 Å². The van der Waals surface area contributed by atoms with Crippen molar-refractivity contribution in [1.82, 2.24) is 15.1 Å². The fraction of sp³-hybridized carbons (Fsp3) is 0.882. The predicted molar refractivity (Wildman–Crippen MR) is 91.0 cm³/mol. The number of carboxylic acid groups (broad SMARTS) is 1. The number of hydrogen-bond donors (Lipinski definition) is 2. The third-order valence-electron chi connectivity index (χ3n) is 4.88. The zero-order valence-electron chi connectivity index (χ0n) is 15.1. The summed E-state index contributed by atoms with van der Waals surface area (Å²) < 4.78 is 5.68. The molecule has 0 spiro atoms. The number of aliphatic carboxylic acids is 1. The van der Waals surface area contributed by atoms with Gasteiger partial charge in [0.2, 0.25) is 0 Å². The second-order valence-electron chi connectivity index (χ2n) is 7.94. The highest BCUT2D eigenvalue weighted by molar-refractivity contribution is 5.74. The van der Waals surface area contributed by atoms with Crippen molar-refractivity contribution in [3.05, 3.63) is 0 Å². The summed E-state index contributed by atoms with van der Waals surface area (Å²) >= 11 is 0. The van der Waals surface area contributed by atoms with Crippen LogP contribution < -0.4 is 5.32 Å². The molecule has 2 atom stereocenters. The van der Waals surface area contributed by atoms with E-state index in [4.69, 9.17) is 9.84 Å². The number of hydrogen-bond acceptors (Lipinski definition) is 4. The van der Waals surface area contributed by atoms with Crippen molar-refractivity contribution >= 4 is 12.0 Å². The van der Waals surface area contributed by atoms with Crippen LogP contribution >= 0.6 is 0 Å². The van der Waals surface area contributed by atoms with E-state index in [-0.39, 0.29) is 24.7 Å². The van der Waals surface area contributed by atoms with E-state index in [0.29, 0.717) is 31.7 Å². The van der Waals surface area contributed by atoms with Gasteiger partial charge in [0.15, 0.2) is 0 Å². The Bertz CT molecular complexity index is 455. The molecular weight excluding hydrogens is 310 g/mol. The van der Waals surface area contributed by atoms with Crippen LogP contribution in [0.5, 0.6) is 0 Å². The molecule has 0 aromatic carbocycles. The summed E-state index contributed by atoms with van der Waals surface area (Å²) in [6.07, 6.45) is 4.30. The maximum atomic E-state index is 12.5. The molecule has 2 amide bonds. The number of carboxylic acids is 1. The van der Waals surface area contributed by atoms with Crippen molar-refractivity contribution in [3.63, 3.8) is 0 Å². The lowest BCUT2D eigenvalue weighted by Crippen LogP contribution is -2.54. The average molecular weight is 341 g/mol. The van der Waals surface area contributed by atoms with Gasteiger partial charge in [-0.3, -0.25) is 9.69 Å². The zero-order valence-corrected chi connectivity index (χ0v) is 15.1. The van der Waals surface area contributed by atoms with Crippen molar-refractivity contribution in [3.8, 4) is 0 Å². The lowest BCUT2D eigenvalue weighted by Gasteiger charge is -2.38. The van der Waals surface area contributed by atoms with Crippen molar-refractivity contribution < 1.29 is 19.4 Å². The molecule has 24 heavy (non-hydrogen) atoms. The number of urea groups is 1. The van der Waals surface area contributed by atoms with Gasteiger partial charge in [-0.15, -0.1) is 0 Å². The third-order valence-corrected chi connectivity index (χ3v) is 4.88. The number of carbonyl (C=O) groups is 2. The van der Waals surface area contributed by atoms with E-state index >= 15 is 0 Å². The number of nitrogens with zero attached hydrogens (tertiary/aromatic N) is 2. The van der Waals surface area contributed by atoms with Crippen LogP contribution in [0.25, 0.3) is 0 Å². The van der Waals surface area contributed by atoms with Gasteiger partial charge in [0, 0.05) is 25.7 Å². The molecule has 0 bridgehead atoms. The van der Waals surface area contributed by atoms with Crippen LogP contribution in [0.3, 0.4) is 0 Å². The first-order chi connectivity index (χ1) is 11.2. The van der Waals surface area contributed by atoms with E-state index in [0.717, 1.165) is 19.3 Å². The van der Waals surface area contributed by atoms with E-state index in [1.54, 1.807) is 16.8 Å². The Kier molecular flexibility index (Phi) is 6.46. The monoisotopic (exact) mass is 341 g/mol. The topological polar surface area (TPSA) is 82.1 Å². The maximum Gasteiger partial charge on any atom is 0.317 e. The molecule has 138 valence electrons. The number of nitrogens with one attached hydrogen (secondary N) is 1. The first kappa shape index (κ1) is 19.0. The van der Waals surface area contributed by atoms with Gasteiger partial charge in [0.25, 0.3) is 0 Å². The van der Waals surface area contributed by atoms with Crippen molar-refractivity contribution in [2.24, 2.45) is 5.41 Å². The summed E-state index contributed by atoms with van der Waals surface area (Å²) in [5.41, 5.74) is 0.295. The first-order valence-corrected chi connectivity index (χ1v) is 8.82. The molecule has 0 aromatic heterocycles. The Morgan fingerprint density at radius 1 is 1.42 bits per heavy atom. The summed E-state index contributed by atoms with van der Waals surface area (Å²) in [5, 5.41) is 12.0. The molecular formula is C17H31N3O4. The summed E-state index contributed by atoms with van der Waals surface area (Å²) in [6, 6.07) is 0.226. The molecule has 2 fully saturated rings. The average Bonchev–Trinajstić information content (AvgIpc) is 2.45. The van der Waals surface area contributed by atoms with Crippen LogP contribution in [0.2, 0.25) is 0 Å². The van der Waals surface area contributed by atoms with Gasteiger partial charge < -0.3 is 20.1 Å². The largest absolute Gasteiger partial charge is 0.480 e. The Balaban J connectivity index is 1.80. The number of morpholine rings is 1. The van der Waals surface area contributed by atoms with Gasteiger partial charge >= 0.3 is 12.0 Å². The minimum atomic E-state index is -0.858. The van der Waals surface area contributed by atoms with Crippen LogP contribution in [0, 0.1) is 5.41 Å². The van der Waals surface area contributed by atoms with Crippen LogP contribution in [0.1, 0.15) is 39.5 Å². The van der Waals surface area contributed by atoms with Gasteiger partial charge in [-0.1, -0.05) is 20.3 Å². The smallest absolute Gasteiger partial charge is 0.317 e. The number of amides is 2. The summed E-state index contributed by atoms with van der Waals surface area (Å²) in [6.45, 7) is 6.58. The number of ether oxygens (including phenoxy) is 1. The molecule has 2 N–H and O–H groups in total. The van der Waals surface area contributed by atoms with E-state index in [2.05, 4.69) is 19.2 Å². The molecule has 0 radical (unpaired) electrons. The molecule has 0 aromatic rings. The van der Waals surface area contributed by atoms with E-state index in [1.165, 1.54) is 6.42 Å². The van der Waals surface area contributed by atoms with Crippen LogP contribution in [-0.2, 0) is 9.53 Å². The summed E-state index contributed by atoms with van der Waals surface area (Å²) in [4.78, 5) is 26.8. The molecule has 1 heterocycles. The zero-order chi connectivity index (χ0) is 17.7. The molecule has 7 heteroatoms. The Morgan fingerprint density at radius 2 is 2.17 bits per heavy atom. The molecule has 2 unspecified atom stereocenters. The predicted octanol–water partition coefficient (Wildman–Crippen LogP) is 1.38. The van der Waals surface area contributed by atoms with Crippen LogP contribution in [0.15, 0.2) is 0 Å². The Hall–Kier alpha value is -1.34. The van der Waals surface area contributed by atoms with Crippen LogP contribution in [-0.4, -0.2) is 78.9 Å². The molecule has 1 aliphatic carbocycles. The van der Waals surface area contributed by atoms with E-state index in [1.807, 2.05) is 0 Å². The second-order valence-corrected chi connectivity index (χ2v) is 7.94. The fourth-order valence-electron chi connectivity index (χ4n) is 3.74. The lowest BCUT2D eigenvalue weighted by molar-refractivity contribution is -0.138. The van der Waals surface area contributed by atoms with Gasteiger partial charge in [0.1, 0.15) is 0 Å². The fourth-order valence-corrected chi connectivity index (χ4v) is 3.74. The number of rotatable bonds is 5. The van der Waals surface area contributed by atoms with Crippen molar-refractivity contribution in [1.29, 1.82) is 0 Å². The number of carbonyl (C=O) groups excluding carboxylic acids is 1. The molecule has 1 saturated carbocycles. The molecule has 1 aliphatic heterocycles. The minimum absolute atomic E-state index is 0.0214. The summed E-state index contributed by atoms with van der Waals surface area (Å²) in [5.74, 6) is -0.858. The molecule has 7 nitrogen and oxygen atoms in total. The van der Waals surface area contributed by atoms with Gasteiger partial charge in [-0.2, -0.15) is 0 Å². The second kappa shape index (κ2) is 8.16. The highest BCUT2D eigenvalue weighted by atomic mass is 16.5.